The van der Waals surface area contributed by atoms with Crippen molar-refractivity contribution in [2.24, 2.45) is 5.73 Å². The summed E-state index contributed by atoms with van der Waals surface area (Å²) in [5, 5.41) is 4.34. The van der Waals surface area contributed by atoms with Gasteiger partial charge in [0.25, 0.3) is 5.56 Å². The van der Waals surface area contributed by atoms with E-state index in [1.807, 2.05) is 11.8 Å². The first-order valence-corrected chi connectivity index (χ1v) is 6.27. The van der Waals surface area contributed by atoms with Crippen LogP contribution in [0, 0.1) is 0 Å². The highest BCUT2D eigenvalue weighted by molar-refractivity contribution is 6.33. The van der Waals surface area contributed by atoms with Gasteiger partial charge in [-0.05, 0) is 19.8 Å². The topological polar surface area (TPSA) is 64.2 Å². The van der Waals surface area contributed by atoms with Crippen LogP contribution in [0.2, 0.25) is 5.02 Å². The van der Waals surface area contributed by atoms with Gasteiger partial charge in [0.05, 0.1) is 11.9 Å². The zero-order valence-electron chi connectivity index (χ0n) is 9.90. The van der Waals surface area contributed by atoms with Crippen LogP contribution < -0.4 is 16.2 Å². The molecule has 1 aliphatic rings. The highest BCUT2D eigenvalue weighted by Crippen LogP contribution is 2.23. The maximum Gasteiger partial charge on any atom is 0.287 e. The van der Waals surface area contributed by atoms with E-state index in [1.165, 1.54) is 4.68 Å². The van der Waals surface area contributed by atoms with Crippen molar-refractivity contribution in [3.05, 3.63) is 21.6 Å². The van der Waals surface area contributed by atoms with Crippen molar-refractivity contribution < 1.29 is 0 Å². The fraction of sp³-hybridized carbons (Fsp3) is 0.636. The molecule has 6 heteroatoms. The van der Waals surface area contributed by atoms with E-state index in [2.05, 4.69) is 5.10 Å². The molecule has 1 saturated heterocycles. The molecule has 2 rings (SSSR count). The Morgan fingerprint density at radius 2 is 2.41 bits per heavy atom. The number of piperidine rings is 1. The van der Waals surface area contributed by atoms with E-state index < -0.39 is 0 Å². The number of nitrogens with zero attached hydrogens (tertiary/aromatic N) is 3. The molecule has 1 atom stereocenters. The minimum Gasteiger partial charge on any atom is -0.367 e. The van der Waals surface area contributed by atoms with Crippen LogP contribution >= 0.6 is 11.6 Å². The lowest BCUT2D eigenvalue weighted by molar-refractivity contribution is 0.503. The number of halogens is 1. The molecule has 0 saturated carbocycles. The van der Waals surface area contributed by atoms with Gasteiger partial charge in [0.15, 0.2) is 0 Å². The van der Waals surface area contributed by atoms with Gasteiger partial charge < -0.3 is 10.6 Å². The van der Waals surface area contributed by atoms with Gasteiger partial charge in [-0.2, -0.15) is 5.10 Å². The third kappa shape index (κ3) is 2.45. The molecule has 0 bridgehead atoms. The van der Waals surface area contributed by atoms with Gasteiger partial charge in [0.2, 0.25) is 0 Å². The second kappa shape index (κ2) is 5.06. The van der Waals surface area contributed by atoms with E-state index in [1.54, 1.807) is 6.20 Å². The monoisotopic (exact) mass is 256 g/mol. The zero-order valence-corrected chi connectivity index (χ0v) is 10.7. The maximum atomic E-state index is 11.9. The second-order valence-electron chi connectivity index (χ2n) is 4.31. The molecule has 0 amide bonds. The Labute approximate surface area is 105 Å². The molecule has 0 unspecified atom stereocenters. The molecule has 0 aliphatic carbocycles. The average Bonchev–Trinajstić information content (AvgIpc) is 2.32. The first kappa shape index (κ1) is 12.4. The van der Waals surface area contributed by atoms with Crippen molar-refractivity contribution in [2.45, 2.75) is 32.4 Å². The lowest BCUT2D eigenvalue weighted by Crippen LogP contribution is -2.43. The van der Waals surface area contributed by atoms with Gasteiger partial charge in [-0.25, -0.2) is 4.68 Å². The highest BCUT2D eigenvalue weighted by atomic mass is 35.5. The molecule has 2 N–H and O–H groups in total. The van der Waals surface area contributed by atoms with Crippen LogP contribution in [0.3, 0.4) is 0 Å². The summed E-state index contributed by atoms with van der Waals surface area (Å²) in [6, 6.07) is 0.147. The van der Waals surface area contributed by atoms with Gasteiger partial charge in [0, 0.05) is 25.7 Å². The van der Waals surface area contributed by atoms with Crippen LogP contribution in [0.5, 0.6) is 0 Å². The second-order valence-corrected chi connectivity index (χ2v) is 4.69. The Kier molecular flexibility index (Phi) is 3.69. The Balaban J connectivity index is 2.33. The molecule has 0 radical (unpaired) electrons. The van der Waals surface area contributed by atoms with Crippen molar-refractivity contribution in [3.63, 3.8) is 0 Å². The highest BCUT2D eigenvalue weighted by Gasteiger charge is 2.20. The quantitative estimate of drug-likeness (QED) is 0.852. The van der Waals surface area contributed by atoms with Crippen molar-refractivity contribution in [1.82, 2.24) is 9.78 Å². The van der Waals surface area contributed by atoms with E-state index in [9.17, 15) is 4.79 Å². The number of aromatic nitrogens is 2. The molecular formula is C11H17ClN4O. The summed E-state index contributed by atoms with van der Waals surface area (Å²) < 4.78 is 1.36. The number of rotatable bonds is 2. The Bertz CT molecular complexity index is 459. The summed E-state index contributed by atoms with van der Waals surface area (Å²) in [6.45, 7) is 4.00. The lowest BCUT2D eigenvalue weighted by Gasteiger charge is -2.32. The van der Waals surface area contributed by atoms with E-state index in [0.29, 0.717) is 12.2 Å². The molecule has 1 fully saturated rings. The minimum absolute atomic E-state index is 0.147. The molecule has 1 aromatic rings. The fourth-order valence-electron chi connectivity index (χ4n) is 2.13. The van der Waals surface area contributed by atoms with Crippen LogP contribution in [0.15, 0.2) is 11.0 Å². The van der Waals surface area contributed by atoms with Gasteiger partial charge in [-0.15, -0.1) is 0 Å². The standard InChI is InChI=1S/C11H17ClN4O/c1-2-16-11(17)10(12)9(6-14-16)15-5-3-4-8(13)7-15/h6,8H,2-5,7,13H2,1H3/t8-/m1/s1. The Morgan fingerprint density at radius 3 is 3.06 bits per heavy atom. The van der Waals surface area contributed by atoms with Crippen LogP contribution in [-0.2, 0) is 6.54 Å². The average molecular weight is 257 g/mol. The molecule has 2 heterocycles. The first-order valence-electron chi connectivity index (χ1n) is 5.89. The number of nitrogens with two attached hydrogens (primary N) is 1. The molecule has 17 heavy (non-hydrogen) atoms. The number of aryl methyl sites for hydroxylation is 1. The molecule has 94 valence electrons. The number of hydrogen-bond acceptors (Lipinski definition) is 4. The van der Waals surface area contributed by atoms with Crippen LogP contribution in [0.25, 0.3) is 0 Å². The fourth-order valence-corrected chi connectivity index (χ4v) is 2.40. The van der Waals surface area contributed by atoms with E-state index in [-0.39, 0.29) is 16.6 Å². The largest absolute Gasteiger partial charge is 0.367 e. The Morgan fingerprint density at radius 1 is 1.65 bits per heavy atom. The third-order valence-electron chi connectivity index (χ3n) is 3.06. The summed E-state index contributed by atoms with van der Waals surface area (Å²) in [4.78, 5) is 13.9. The molecule has 5 nitrogen and oxygen atoms in total. The smallest absolute Gasteiger partial charge is 0.287 e. The van der Waals surface area contributed by atoms with E-state index in [4.69, 9.17) is 17.3 Å². The van der Waals surface area contributed by atoms with Crippen molar-refractivity contribution >= 4 is 17.3 Å². The summed E-state index contributed by atoms with van der Waals surface area (Å²) in [5.41, 5.74) is 6.39. The number of hydrogen-bond donors (Lipinski definition) is 1. The molecule has 1 aromatic heterocycles. The van der Waals surface area contributed by atoms with Crippen LogP contribution in [0.4, 0.5) is 5.69 Å². The zero-order chi connectivity index (χ0) is 12.4. The minimum atomic E-state index is -0.231. The molecule has 0 aromatic carbocycles. The summed E-state index contributed by atoms with van der Waals surface area (Å²) in [6.07, 6.45) is 3.70. The summed E-state index contributed by atoms with van der Waals surface area (Å²) in [7, 11) is 0. The normalized spacial score (nSPS) is 20.6. The van der Waals surface area contributed by atoms with Gasteiger partial charge >= 0.3 is 0 Å². The van der Waals surface area contributed by atoms with E-state index in [0.717, 1.165) is 25.9 Å². The van der Waals surface area contributed by atoms with Crippen molar-refractivity contribution in [3.8, 4) is 0 Å². The summed E-state index contributed by atoms with van der Waals surface area (Å²) in [5.74, 6) is 0. The first-order chi connectivity index (χ1) is 8.13. The summed E-state index contributed by atoms with van der Waals surface area (Å²) >= 11 is 6.10. The number of anilines is 1. The lowest BCUT2D eigenvalue weighted by atomic mass is 10.1. The van der Waals surface area contributed by atoms with Crippen molar-refractivity contribution in [1.29, 1.82) is 0 Å². The molecule has 0 spiro atoms. The van der Waals surface area contributed by atoms with Gasteiger partial charge in [-0.1, -0.05) is 11.6 Å². The van der Waals surface area contributed by atoms with Crippen LogP contribution in [-0.4, -0.2) is 28.9 Å². The predicted octanol–water partition coefficient (Wildman–Crippen LogP) is 0.844. The van der Waals surface area contributed by atoms with Crippen LogP contribution in [0.1, 0.15) is 19.8 Å². The maximum absolute atomic E-state index is 11.9. The third-order valence-corrected chi connectivity index (χ3v) is 3.42. The Hall–Kier alpha value is -1.07. The van der Waals surface area contributed by atoms with Gasteiger partial charge in [0.1, 0.15) is 5.02 Å². The van der Waals surface area contributed by atoms with Gasteiger partial charge in [-0.3, -0.25) is 4.79 Å². The SMILES string of the molecule is CCn1ncc(N2CCC[C@@H](N)C2)c(Cl)c1=O. The van der Waals surface area contributed by atoms with E-state index >= 15 is 0 Å². The van der Waals surface area contributed by atoms with Crippen molar-refractivity contribution in [2.75, 3.05) is 18.0 Å². The molecular weight excluding hydrogens is 240 g/mol. The predicted molar refractivity (Wildman–Crippen MR) is 68.6 cm³/mol. The molecule has 1 aliphatic heterocycles.